The van der Waals surface area contributed by atoms with Crippen molar-refractivity contribution in [3.63, 3.8) is 0 Å². The van der Waals surface area contributed by atoms with Gasteiger partial charge in [0.1, 0.15) is 22.5 Å². The van der Waals surface area contributed by atoms with Gasteiger partial charge >= 0.3 is 0 Å². The van der Waals surface area contributed by atoms with E-state index in [0.29, 0.717) is 22.6 Å². The van der Waals surface area contributed by atoms with Crippen LogP contribution in [0.2, 0.25) is 0 Å². The van der Waals surface area contributed by atoms with Crippen molar-refractivity contribution in [1.82, 2.24) is 0 Å². The number of halogens is 1. The Balaban J connectivity index is 2.47. The highest BCUT2D eigenvalue weighted by molar-refractivity contribution is 9.10. The Morgan fingerprint density at radius 1 is 1.12 bits per heavy atom. The van der Waals surface area contributed by atoms with Crippen molar-refractivity contribution in [2.75, 3.05) is 14.2 Å². The molecule has 25 heavy (non-hydrogen) atoms. The van der Waals surface area contributed by atoms with Crippen LogP contribution in [0.15, 0.2) is 51.8 Å². The number of ether oxygens (including phenoxy) is 2. The van der Waals surface area contributed by atoms with Crippen molar-refractivity contribution >= 4 is 31.8 Å². The first kappa shape index (κ1) is 19.0. The molecule has 0 atom stereocenters. The standard InChI is InChI=1S/C18H16BrNO4S/c1-23-17-4-3-5-18(24-2)16(17)10-15(11-20)25(21,22)12-13-6-8-14(19)9-7-13/h3-10H,12H2,1-2H3. The topological polar surface area (TPSA) is 76.4 Å². The third-order valence-electron chi connectivity index (χ3n) is 3.46. The predicted octanol–water partition coefficient (Wildman–Crippen LogP) is 3.95. The summed E-state index contributed by atoms with van der Waals surface area (Å²) in [4.78, 5) is -0.349. The van der Waals surface area contributed by atoms with Crippen LogP contribution in [-0.2, 0) is 15.6 Å². The van der Waals surface area contributed by atoms with Crippen LogP contribution in [0.3, 0.4) is 0 Å². The molecule has 0 aliphatic carbocycles. The minimum Gasteiger partial charge on any atom is -0.496 e. The Hall–Kier alpha value is -2.30. The largest absolute Gasteiger partial charge is 0.496 e. The lowest BCUT2D eigenvalue weighted by molar-refractivity contribution is 0.392. The maximum Gasteiger partial charge on any atom is 0.192 e. The number of nitrogens with zero attached hydrogens (tertiary/aromatic N) is 1. The second-order valence-corrected chi connectivity index (χ2v) is 7.96. The van der Waals surface area contributed by atoms with Gasteiger partial charge in [-0.25, -0.2) is 8.42 Å². The first-order valence-corrected chi connectivity index (χ1v) is 9.66. The SMILES string of the molecule is COc1cccc(OC)c1C=C(C#N)S(=O)(=O)Cc1ccc(Br)cc1. The fourth-order valence-corrected chi connectivity index (χ4v) is 3.71. The van der Waals surface area contributed by atoms with Crippen LogP contribution in [0.25, 0.3) is 6.08 Å². The van der Waals surface area contributed by atoms with Crippen LogP contribution < -0.4 is 9.47 Å². The first-order valence-electron chi connectivity index (χ1n) is 7.21. The number of benzene rings is 2. The van der Waals surface area contributed by atoms with Crippen LogP contribution in [0.4, 0.5) is 0 Å². The second kappa shape index (κ2) is 8.19. The molecule has 0 aliphatic heterocycles. The molecule has 0 radical (unpaired) electrons. The van der Waals surface area contributed by atoms with Gasteiger partial charge in [-0.2, -0.15) is 5.26 Å². The molecule has 0 bridgehead atoms. The van der Waals surface area contributed by atoms with Crippen molar-refractivity contribution in [1.29, 1.82) is 5.26 Å². The van der Waals surface area contributed by atoms with Gasteiger partial charge in [-0.05, 0) is 35.9 Å². The van der Waals surface area contributed by atoms with Gasteiger partial charge in [0.15, 0.2) is 9.84 Å². The lowest BCUT2D eigenvalue weighted by Crippen LogP contribution is -2.07. The number of methoxy groups -OCH3 is 2. The zero-order chi connectivity index (χ0) is 18.4. The molecule has 0 saturated heterocycles. The van der Waals surface area contributed by atoms with Crippen LogP contribution >= 0.6 is 15.9 Å². The summed E-state index contributed by atoms with van der Waals surface area (Å²) in [5.74, 6) is 0.578. The Morgan fingerprint density at radius 3 is 2.16 bits per heavy atom. The average Bonchev–Trinajstić information content (AvgIpc) is 2.60. The van der Waals surface area contributed by atoms with Crippen LogP contribution in [0.5, 0.6) is 11.5 Å². The number of allylic oxidation sites excluding steroid dienone is 1. The van der Waals surface area contributed by atoms with Gasteiger partial charge in [0, 0.05) is 4.47 Å². The fourth-order valence-electron chi connectivity index (χ4n) is 2.22. The van der Waals surface area contributed by atoms with Crippen molar-refractivity contribution < 1.29 is 17.9 Å². The molecule has 2 aromatic rings. The van der Waals surface area contributed by atoms with Crippen LogP contribution in [0.1, 0.15) is 11.1 Å². The van der Waals surface area contributed by atoms with Crippen molar-refractivity contribution in [2.24, 2.45) is 0 Å². The van der Waals surface area contributed by atoms with E-state index in [1.165, 1.54) is 20.3 Å². The van der Waals surface area contributed by atoms with Crippen molar-refractivity contribution in [3.8, 4) is 17.6 Å². The lowest BCUT2D eigenvalue weighted by atomic mass is 10.1. The molecule has 0 aliphatic rings. The summed E-state index contributed by atoms with van der Waals surface area (Å²) in [7, 11) is -0.879. The van der Waals surface area contributed by atoms with E-state index < -0.39 is 9.84 Å². The predicted molar refractivity (Wildman–Crippen MR) is 99.9 cm³/mol. The van der Waals surface area contributed by atoms with E-state index in [4.69, 9.17) is 9.47 Å². The molecule has 7 heteroatoms. The summed E-state index contributed by atoms with van der Waals surface area (Å²) in [5, 5.41) is 9.39. The minimum absolute atomic E-state index is 0.267. The molecule has 0 fully saturated rings. The molecule has 0 spiro atoms. The molecule has 2 aromatic carbocycles. The van der Waals surface area contributed by atoms with Gasteiger partial charge in [0.05, 0.1) is 25.5 Å². The first-order chi connectivity index (χ1) is 11.9. The number of sulfone groups is 1. The van der Waals surface area contributed by atoms with E-state index >= 15 is 0 Å². The summed E-state index contributed by atoms with van der Waals surface area (Å²) in [6.07, 6.45) is 1.28. The number of hydrogen-bond acceptors (Lipinski definition) is 5. The highest BCUT2D eigenvalue weighted by Gasteiger charge is 2.20. The van der Waals surface area contributed by atoms with Crippen molar-refractivity contribution in [2.45, 2.75) is 5.75 Å². The van der Waals surface area contributed by atoms with Gasteiger partial charge in [-0.1, -0.05) is 34.1 Å². The Labute approximate surface area is 155 Å². The van der Waals surface area contributed by atoms with Crippen LogP contribution in [0, 0.1) is 11.3 Å². The summed E-state index contributed by atoms with van der Waals surface area (Å²) in [6, 6.07) is 13.7. The monoisotopic (exact) mass is 421 g/mol. The van der Waals surface area contributed by atoms with E-state index in [0.717, 1.165) is 4.47 Å². The molecular weight excluding hydrogens is 406 g/mol. The van der Waals surface area contributed by atoms with Gasteiger partial charge < -0.3 is 9.47 Å². The molecule has 2 rings (SSSR count). The quantitative estimate of drug-likeness (QED) is 0.659. The van der Waals surface area contributed by atoms with Gasteiger partial charge in [0.25, 0.3) is 0 Å². The summed E-state index contributed by atoms with van der Waals surface area (Å²) in [6.45, 7) is 0. The second-order valence-electron chi connectivity index (χ2n) is 5.08. The minimum atomic E-state index is -3.81. The molecular formula is C18H16BrNO4S. The van der Waals surface area contributed by atoms with E-state index in [1.807, 2.05) is 0 Å². The summed E-state index contributed by atoms with van der Waals surface area (Å²) < 4.78 is 36.6. The average molecular weight is 422 g/mol. The Bertz CT molecular complexity index is 906. The molecule has 0 heterocycles. The zero-order valence-corrected chi connectivity index (χ0v) is 16.1. The van der Waals surface area contributed by atoms with Crippen LogP contribution in [-0.4, -0.2) is 22.6 Å². The number of nitriles is 1. The zero-order valence-electron chi connectivity index (χ0n) is 13.7. The fraction of sp³-hybridized carbons (Fsp3) is 0.167. The molecule has 0 N–H and O–H groups in total. The highest BCUT2D eigenvalue weighted by Crippen LogP contribution is 2.31. The number of rotatable bonds is 6. The maximum atomic E-state index is 12.6. The molecule has 130 valence electrons. The molecule has 0 amide bonds. The maximum absolute atomic E-state index is 12.6. The lowest BCUT2D eigenvalue weighted by Gasteiger charge is -2.10. The third-order valence-corrected chi connectivity index (χ3v) is 5.58. The number of hydrogen-bond donors (Lipinski definition) is 0. The smallest absolute Gasteiger partial charge is 0.192 e. The van der Waals surface area contributed by atoms with E-state index in [9.17, 15) is 13.7 Å². The molecule has 0 saturated carbocycles. The van der Waals surface area contributed by atoms with E-state index in [2.05, 4.69) is 15.9 Å². The normalized spacial score (nSPS) is 11.7. The van der Waals surface area contributed by atoms with E-state index in [1.54, 1.807) is 48.5 Å². The Morgan fingerprint density at radius 2 is 1.68 bits per heavy atom. The molecule has 5 nitrogen and oxygen atoms in total. The van der Waals surface area contributed by atoms with Gasteiger partial charge in [0.2, 0.25) is 0 Å². The Kier molecular flexibility index (Phi) is 6.23. The van der Waals surface area contributed by atoms with E-state index in [-0.39, 0.29) is 10.7 Å². The summed E-state index contributed by atoms with van der Waals surface area (Å²) >= 11 is 3.30. The third kappa shape index (κ3) is 4.62. The molecule has 0 unspecified atom stereocenters. The van der Waals surface area contributed by atoms with Gasteiger partial charge in [-0.3, -0.25) is 0 Å². The molecule has 0 aromatic heterocycles. The highest BCUT2D eigenvalue weighted by atomic mass is 79.9. The summed E-state index contributed by atoms with van der Waals surface area (Å²) in [5.41, 5.74) is 1.000. The van der Waals surface area contributed by atoms with Gasteiger partial charge in [-0.15, -0.1) is 0 Å². The van der Waals surface area contributed by atoms with Crippen molar-refractivity contribution in [3.05, 3.63) is 63.0 Å².